The number of alkyl halides is 4. The third-order valence-corrected chi connectivity index (χ3v) is 3.57. The largest absolute Gasteiger partial charge is 0.350 e. The molecule has 1 atom stereocenters. The summed E-state index contributed by atoms with van der Waals surface area (Å²) in [6.45, 7) is 5.50. The number of halogens is 4. The van der Waals surface area contributed by atoms with E-state index in [0.717, 1.165) is 6.42 Å². The van der Waals surface area contributed by atoms with E-state index in [0.29, 0.717) is 19.6 Å². The Morgan fingerprint density at radius 1 is 1.19 bits per heavy atom. The Bertz CT molecular complexity index is 225. The Labute approximate surface area is 120 Å². The van der Waals surface area contributed by atoms with Gasteiger partial charge in [0.15, 0.2) is 10.1 Å². The summed E-state index contributed by atoms with van der Waals surface area (Å²) < 4.78 is 9.79. The molecule has 0 aromatic rings. The number of hydrogen-bond donors (Lipinski definition) is 0. The van der Waals surface area contributed by atoms with Crippen LogP contribution in [-0.4, -0.2) is 28.1 Å². The van der Waals surface area contributed by atoms with Gasteiger partial charge in [-0.2, -0.15) is 0 Å². The van der Waals surface area contributed by atoms with Crippen molar-refractivity contribution in [2.45, 2.75) is 41.6 Å². The summed E-state index contributed by atoms with van der Waals surface area (Å²) in [4.78, 5) is 0.128. The number of ether oxygens (including phenoxy) is 2. The molecule has 0 aliphatic carbocycles. The Balaban J connectivity index is 2.44. The molecule has 1 fully saturated rings. The van der Waals surface area contributed by atoms with E-state index in [9.17, 15) is 0 Å². The lowest BCUT2D eigenvalue weighted by Crippen LogP contribution is -2.33. The fourth-order valence-corrected chi connectivity index (χ4v) is 4.24. The highest BCUT2D eigenvalue weighted by atomic mass is 79.9. The fourth-order valence-electron chi connectivity index (χ4n) is 1.80. The summed E-state index contributed by atoms with van der Waals surface area (Å²) >= 11 is 20.8. The topological polar surface area (TPSA) is 18.5 Å². The SMILES string of the molecule is CC(C)(CC(Br)CC(Cl)(Cl)Cl)C1OCCO1. The quantitative estimate of drug-likeness (QED) is 0.701. The molecule has 0 bridgehead atoms. The number of hydrogen-bond acceptors (Lipinski definition) is 2. The van der Waals surface area contributed by atoms with Gasteiger partial charge in [-0.05, 0) is 6.42 Å². The molecule has 1 saturated heterocycles. The first-order valence-electron chi connectivity index (χ1n) is 5.15. The van der Waals surface area contributed by atoms with Crippen LogP contribution in [-0.2, 0) is 9.47 Å². The van der Waals surface area contributed by atoms with Gasteiger partial charge in [0.2, 0.25) is 0 Å². The Hall–Kier alpha value is 1.27. The normalized spacial score (nSPS) is 21.4. The molecule has 2 nitrogen and oxygen atoms in total. The molecule has 1 unspecified atom stereocenters. The maximum atomic E-state index is 5.75. The maximum Gasteiger partial charge on any atom is 0.191 e. The Morgan fingerprint density at radius 3 is 2.12 bits per heavy atom. The smallest absolute Gasteiger partial charge is 0.191 e. The van der Waals surface area contributed by atoms with Crippen molar-refractivity contribution in [3.63, 3.8) is 0 Å². The van der Waals surface area contributed by atoms with Crippen molar-refractivity contribution in [1.29, 1.82) is 0 Å². The first-order chi connectivity index (χ1) is 7.21. The molecule has 0 amide bonds. The lowest BCUT2D eigenvalue weighted by molar-refractivity contribution is -0.122. The van der Waals surface area contributed by atoms with Crippen LogP contribution in [0.4, 0.5) is 0 Å². The third kappa shape index (κ3) is 5.28. The molecule has 1 rings (SSSR count). The zero-order chi connectivity index (χ0) is 12.4. The van der Waals surface area contributed by atoms with Crippen LogP contribution in [0.3, 0.4) is 0 Å². The van der Waals surface area contributed by atoms with Crippen LogP contribution in [0.5, 0.6) is 0 Å². The molecule has 0 saturated carbocycles. The summed E-state index contributed by atoms with van der Waals surface area (Å²) in [5, 5.41) is 0. The van der Waals surface area contributed by atoms with Crippen molar-refractivity contribution < 1.29 is 9.47 Å². The van der Waals surface area contributed by atoms with Gasteiger partial charge in [0, 0.05) is 16.7 Å². The van der Waals surface area contributed by atoms with Gasteiger partial charge in [-0.15, -0.1) is 0 Å². The van der Waals surface area contributed by atoms with E-state index in [1.165, 1.54) is 0 Å². The van der Waals surface area contributed by atoms with Crippen molar-refractivity contribution in [2.24, 2.45) is 5.41 Å². The van der Waals surface area contributed by atoms with E-state index < -0.39 is 3.79 Å². The second kappa shape index (κ2) is 5.94. The van der Waals surface area contributed by atoms with Gasteiger partial charge in [-0.25, -0.2) is 0 Å². The van der Waals surface area contributed by atoms with Crippen LogP contribution < -0.4 is 0 Å². The Morgan fingerprint density at radius 2 is 1.69 bits per heavy atom. The Kier molecular flexibility index (Phi) is 5.69. The zero-order valence-corrected chi connectivity index (χ0v) is 13.2. The minimum atomic E-state index is -1.22. The fraction of sp³-hybridized carbons (Fsp3) is 1.00. The van der Waals surface area contributed by atoms with Gasteiger partial charge in [-0.1, -0.05) is 64.6 Å². The molecule has 1 heterocycles. The molecule has 96 valence electrons. The lowest BCUT2D eigenvalue weighted by atomic mass is 9.86. The highest BCUT2D eigenvalue weighted by Crippen LogP contribution is 2.40. The molecule has 16 heavy (non-hydrogen) atoms. The van der Waals surface area contributed by atoms with Gasteiger partial charge in [0.1, 0.15) is 0 Å². The van der Waals surface area contributed by atoms with Crippen LogP contribution in [0, 0.1) is 5.41 Å². The molecule has 1 aliphatic rings. The van der Waals surface area contributed by atoms with E-state index in [4.69, 9.17) is 44.3 Å². The van der Waals surface area contributed by atoms with Crippen LogP contribution in [0.1, 0.15) is 26.7 Å². The molecule has 1 aliphatic heterocycles. The lowest BCUT2D eigenvalue weighted by Gasteiger charge is -2.32. The molecule has 6 heteroatoms. The van der Waals surface area contributed by atoms with Crippen LogP contribution in [0.25, 0.3) is 0 Å². The van der Waals surface area contributed by atoms with E-state index >= 15 is 0 Å². The third-order valence-electron chi connectivity index (χ3n) is 2.46. The van der Waals surface area contributed by atoms with Gasteiger partial charge >= 0.3 is 0 Å². The molecule has 0 radical (unpaired) electrons. The van der Waals surface area contributed by atoms with Crippen molar-refractivity contribution in [2.75, 3.05) is 13.2 Å². The summed E-state index contributed by atoms with van der Waals surface area (Å²) in [6, 6.07) is 0. The maximum absolute atomic E-state index is 5.75. The second-order valence-corrected chi connectivity index (χ2v) is 8.49. The molecule has 0 aromatic heterocycles. The molecular formula is C10H16BrCl3O2. The van der Waals surface area contributed by atoms with Gasteiger partial charge in [0.25, 0.3) is 0 Å². The van der Waals surface area contributed by atoms with Crippen LogP contribution in [0.15, 0.2) is 0 Å². The van der Waals surface area contributed by atoms with Gasteiger partial charge in [-0.3, -0.25) is 0 Å². The number of rotatable bonds is 4. The van der Waals surface area contributed by atoms with E-state index in [1.807, 2.05) is 0 Å². The van der Waals surface area contributed by atoms with Gasteiger partial charge in [0.05, 0.1) is 13.2 Å². The van der Waals surface area contributed by atoms with Crippen molar-refractivity contribution in [3.05, 3.63) is 0 Å². The highest BCUT2D eigenvalue weighted by Gasteiger charge is 2.37. The summed E-state index contributed by atoms with van der Waals surface area (Å²) in [5.74, 6) is 0. The van der Waals surface area contributed by atoms with E-state index in [2.05, 4.69) is 29.8 Å². The van der Waals surface area contributed by atoms with Crippen molar-refractivity contribution in [1.82, 2.24) is 0 Å². The zero-order valence-electron chi connectivity index (χ0n) is 9.31. The van der Waals surface area contributed by atoms with E-state index in [1.54, 1.807) is 0 Å². The van der Waals surface area contributed by atoms with E-state index in [-0.39, 0.29) is 16.5 Å². The van der Waals surface area contributed by atoms with Crippen LogP contribution in [0.2, 0.25) is 0 Å². The first kappa shape index (κ1) is 15.3. The summed E-state index contributed by atoms with van der Waals surface area (Å²) in [7, 11) is 0. The minimum absolute atomic E-state index is 0.0966. The molecule has 0 N–H and O–H groups in total. The molecular weight excluding hydrogens is 338 g/mol. The standard InChI is InChI=1S/C10H16BrCl3O2/c1-9(2,8-15-3-4-16-8)5-7(11)6-10(12,13)14/h7-8H,3-6H2,1-2H3. The summed E-state index contributed by atoms with van der Waals surface area (Å²) in [6.07, 6.45) is 1.13. The van der Waals surface area contributed by atoms with Crippen LogP contribution >= 0.6 is 50.7 Å². The molecule has 0 aromatic carbocycles. The predicted octanol–water partition coefficient (Wildman–Crippen LogP) is 4.30. The predicted molar refractivity (Wildman–Crippen MR) is 71.7 cm³/mol. The van der Waals surface area contributed by atoms with Gasteiger partial charge < -0.3 is 9.47 Å². The van der Waals surface area contributed by atoms with Crippen molar-refractivity contribution >= 4 is 50.7 Å². The highest BCUT2D eigenvalue weighted by molar-refractivity contribution is 9.09. The minimum Gasteiger partial charge on any atom is -0.350 e. The first-order valence-corrected chi connectivity index (χ1v) is 7.20. The van der Waals surface area contributed by atoms with Crippen molar-refractivity contribution in [3.8, 4) is 0 Å². The average molecular weight is 354 g/mol. The summed E-state index contributed by atoms with van der Waals surface area (Å²) in [5.41, 5.74) is -0.0966. The second-order valence-electron chi connectivity index (χ2n) is 4.68. The molecule has 0 spiro atoms. The average Bonchev–Trinajstić information content (AvgIpc) is 2.49. The monoisotopic (exact) mass is 352 g/mol.